The number of hydrogen-bond donors (Lipinski definition) is 1. The predicted molar refractivity (Wildman–Crippen MR) is 91.1 cm³/mol. The van der Waals surface area contributed by atoms with Crippen molar-refractivity contribution in [1.29, 1.82) is 0 Å². The van der Waals surface area contributed by atoms with Crippen molar-refractivity contribution < 1.29 is 14.6 Å². The average Bonchev–Trinajstić information content (AvgIpc) is 2.52. The van der Waals surface area contributed by atoms with Crippen molar-refractivity contribution in [2.24, 2.45) is 0 Å². The van der Waals surface area contributed by atoms with Gasteiger partial charge in [0, 0.05) is 16.1 Å². The Morgan fingerprint density at radius 2 is 1.95 bits per heavy atom. The monoisotopic (exact) mass is 360 g/mol. The summed E-state index contributed by atoms with van der Waals surface area (Å²) >= 11 is 3.38. The normalized spacial score (nSPS) is 10.8. The van der Waals surface area contributed by atoms with Crippen LogP contribution >= 0.6 is 15.9 Å². The molecule has 2 aromatic rings. The molecule has 0 aliphatic rings. The minimum atomic E-state index is -0.977. The number of benzene rings is 2. The highest BCUT2D eigenvalue weighted by Gasteiger charge is 2.03. The van der Waals surface area contributed by atoms with Gasteiger partial charge in [-0.25, -0.2) is 4.79 Å². The molecule has 0 aliphatic carbocycles. The van der Waals surface area contributed by atoms with E-state index < -0.39 is 5.97 Å². The number of carbonyl (C=O) groups is 1. The van der Waals surface area contributed by atoms with Gasteiger partial charge >= 0.3 is 5.97 Å². The Morgan fingerprint density at radius 3 is 2.68 bits per heavy atom. The van der Waals surface area contributed by atoms with Gasteiger partial charge < -0.3 is 9.84 Å². The van der Waals surface area contributed by atoms with Crippen molar-refractivity contribution in [2.45, 2.75) is 12.8 Å². The summed E-state index contributed by atoms with van der Waals surface area (Å²) in [6.07, 6.45) is 4.51. The Labute approximate surface area is 138 Å². The molecule has 0 amide bonds. The van der Waals surface area contributed by atoms with E-state index in [1.54, 1.807) is 6.08 Å². The molecule has 0 saturated carbocycles. The molecule has 0 bridgehead atoms. The van der Waals surface area contributed by atoms with E-state index in [0.717, 1.165) is 29.0 Å². The molecule has 0 unspecified atom stereocenters. The molecule has 1 N–H and O–H groups in total. The van der Waals surface area contributed by atoms with Crippen LogP contribution in [0.25, 0.3) is 6.08 Å². The molecule has 0 spiro atoms. The molecule has 4 heteroatoms. The number of aryl methyl sites for hydroxylation is 1. The molecule has 22 heavy (non-hydrogen) atoms. The lowest BCUT2D eigenvalue weighted by atomic mass is 10.1. The molecule has 0 fully saturated rings. The van der Waals surface area contributed by atoms with Crippen LogP contribution in [0.1, 0.15) is 17.5 Å². The van der Waals surface area contributed by atoms with Crippen LogP contribution in [-0.4, -0.2) is 17.7 Å². The second kappa shape index (κ2) is 8.39. The molecule has 2 aromatic carbocycles. The van der Waals surface area contributed by atoms with Crippen LogP contribution in [0, 0.1) is 0 Å². The molecule has 0 aromatic heterocycles. The zero-order valence-electron chi connectivity index (χ0n) is 12.0. The summed E-state index contributed by atoms with van der Waals surface area (Å²) in [6, 6.07) is 15.8. The smallest absolute Gasteiger partial charge is 0.328 e. The van der Waals surface area contributed by atoms with Gasteiger partial charge in [0.2, 0.25) is 0 Å². The maximum atomic E-state index is 10.6. The second-order valence-electron chi connectivity index (χ2n) is 4.79. The minimum absolute atomic E-state index is 0.588. The Balaban J connectivity index is 1.93. The van der Waals surface area contributed by atoms with E-state index in [-0.39, 0.29) is 0 Å². The van der Waals surface area contributed by atoms with Crippen LogP contribution < -0.4 is 4.74 Å². The highest BCUT2D eigenvalue weighted by atomic mass is 79.9. The quantitative estimate of drug-likeness (QED) is 0.581. The standard InChI is InChI=1S/C18H17BrO3/c19-16-9-10-17(15(13-16)8-11-18(20)21)22-12-4-7-14-5-2-1-3-6-14/h1-3,5-6,8-11,13H,4,7,12H2,(H,20,21)/b11-8+. The predicted octanol–water partition coefficient (Wildman–Crippen LogP) is 4.56. The van der Waals surface area contributed by atoms with Crippen LogP contribution in [0.5, 0.6) is 5.75 Å². The van der Waals surface area contributed by atoms with Gasteiger partial charge in [-0.3, -0.25) is 0 Å². The highest BCUT2D eigenvalue weighted by Crippen LogP contribution is 2.24. The SMILES string of the molecule is O=C(O)/C=C/c1cc(Br)ccc1OCCCc1ccccc1. The molecule has 0 saturated heterocycles. The fraction of sp³-hybridized carbons (Fsp3) is 0.167. The number of carboxylic acid groups (broad SMARTS) is 1. The average molecular weight is 361 g/mol. The zero-order chi connectivity index (χ0) is 15.8. The second-order valence-corrected chi connectivity index (χ2v) is 5.71. The molecule has 0 atom stereocenters. The van der Waals surface area contributed by atoms with Gasteiger partial charge in [-0.05, 0) is 42.7 Å². The van der Waals surface area contributed by atoms with Crippen molar-refractivity contribution in [3.05, 3.63) is 70.2 Å². The first-order chi connectivity index (χ1) is 10.6. The zero-order valence-corrected chi connectivity index (χ0v) is 13.6. The summed E-state index contributed by atoms with van der Waals surface area (Å²) in [5.41, 5.74) is 2.03. The van der Waals surface area contributed by atoms with Crippen molar-refractivity contribution in [2.75, 3.05) is 6.61 Å². The third-order valence-electron chi connectivity index (χ3n) is 3.09. The van der Waals surface area contributed by atoms with E-state index in [2.05, 4.69) is 28.1 Å². The lowest BCUT2D eigenvalue weighted by molar-refractivity contribution is -0.131. The van der Waals surface area contributed by atoms with E-state index in [9.17, 15) is 4.79 Å². The number of carboxylic acids is 1. The van der Waals surface area contributed by atoms with Crippen molar-refractivity contribution in [3.8, 4) is 5.75 Å². The molecule has 0 heterocycles. The van der Waals surface area contributed by atoms with Gasteiger partial charge in [0.15, 0.2) is 0 Å². The highest BCUT2D eigenvalue weighted by molar-refractivity contribution is 9.10. The maximum Gasteiger partial charge on any atom is 0.328 e. The van der Waals surface area contributed by atoms with Crippen LogP contribution in [0.2, 0.25) is 0 Å². The minimum Gasteiger partial charge on any atom is -0.493 e. The fourth-order valence-corrected chi connectivity index (χ4v) is 2.42. The van der Waals surface area contributed by atoms with E-state index >= 15 is 0 Å². The number of ether oxygens (including phenoxy) is 1. The third kappa shape index (κ3) is 5.37. The summed E-state index contributed by atoms with van der Waals surface area (Å²) in [5, 5.41) is 8.74. The summed E-state index contributed by atoms with van der Waals surface area (Å²) in [7, 11) is 0. The molecule has 114 valence electrons. The largest absolute Gasteiger partial charge is 0.493 e. The first-order valence-corrected chi connectivity index (χ1v) is 7.82. The Kier molecular flexibility index (Phi) is 6.22. The number of hydrogen-bond acceptors (Lipinski definition) is 2. The van der Waals surface area contributed by atoms with Crippen molar-refractivity contribution in [3.63, 3.8) is 0 Å². The molecular weight excluding hydrogens is 344 g/mol. The van der Waals surface area contributed by atoms with Crippen molar-refractivity contribution in [1.82, 2.24) is 0 Å². The van der Waals surface area contributed by atoms with Gasteiger partial charge in [0.1, 0.15) is 5.75 Å². The summed E-state index contributed by atoms with van der Waals surface area (Å²) in [6.45, 7) is 0.588. The summed E-state index contributed by atoms with van der Waals surface area (Å²) in [5.74, 6) is -0.288. The molecule has 3 nitrogen and oxygen atoms in total. The molecule has 0 aliphatic heterocycles. The fourth-order valence-electron chi connectivity index (χ4n) is 2.05. The van der Waals surface area contributed by atoms with Gasteiger partial charge in [-0.2, -0.15) is 0 Å². The van der Waals surface area contributed by atoms with Gasteiger partial charge in [-0.15, -0.1) is 0 Å². The van der Waals surface area contributed by atoms with E-state index in [1.165, 1.54) is 5.56 Å². The summed E-state index contributed by atoms with van der Waals surface area (Å²) < 4.78 is 6.66. The van der Waals surface area contributed by atoms with E-state index in [4.69, 9.17) is 9.84 Å². The number of rotatable bonds is 7. The van der Waals surface area contributed by atoms with Crippen LogP contribution in [0.4, 0.5) is 0 Å². The topological polar surface area (TPSA) is 46.5 Å². The van der Waals surface area contributed by atoms with Crippen molar-refractivity contribution >= 4 is 28.0 Å². The van der Waals surface area contributed by atoms with Gasteiger partial charge in [-0.1, -0.05) is 46.3 Å². The lowest BCUT2D eigenvalue weighted by Gasteiger charge is -2.10. The molecule has 2 rings (SSSR count). The van der Waals surface area contributed by atoms with E-state index in [1.807, 2.05) is 36.4 Å². The first-order valence-electron chi connectivity index (χ1n) is 7.02. The Morgan fingerprint density at radius 1 is 1.18 bits per heavy atom. The number of aliphatic carboxylic acids is 1. The summed E-state index contributed by atoms with van der Waals surface area (Å²) in [4.78, 5) is 10.6. The third-order valence-corrected chi connectivity index (χ3v) is 3.58. The maximum absolute atomic E-state index is 10.6. The van der Waals surface area contributed by atoms with Crippen LogP contribution in [0.15, 0.2) is 59.1 Å². The first kappa shape index (κ1) is 16.3. The Bertz CT molecular complexity index is 651. The lowest BCUT2D eigenvalue weighted by Crippen LogP contribution is -2.01. The van der Waals surface area contributed by atoms with Crippen LogP contribution in [0.3, 0.4) is 0 Å². The molecular formula is C18H17BrO3. The van der Waals surface area contributed by atoms with Gasteiger partial charge in [0.05, 0.1) is 6.61 Å². The van der Waals surface area contributed by atoms with Gasteiger partial charge in [0.25, 0.3) is 0 Å². The van der Waals surface area contributed by atoms with Crippen LogP contribution in [-0.2, 0) is 11.2 Å². The van der Waals surface area contributed by atoms with E-state index in [0.29, 0.717) is 12.4 Å². The Hall–Kier alpha value is -2.07. The molecule has 0 radical (unpaired) electrons. The number of halogens is 1.